The molecular formula is C23H29N5O7S. The Hall–Kier alpha value is -3.71. The lowest BCUT2D eigenvalue weighted by atomic mass is 10.1. The summed E-state index contributed by atoms with van der Waals surface area (Å²) in [6.07, 6.45) is 2.32. The molecule has 1 N–H and O–H groups in total. The van der Waals surface area contributed by atoms with Crippen LogP contribution in [0, 0.1) is 10.1 Å². The van der Waals surface area contributed by atoms with Crippen LogP contribution >= 0.6 is 0 Å². The Balaban J connectivity index is 1.80. The minimum Gasteiger partial charge on any atom is -0.494 e. The van der Waals surface area contributed by atoms with Crippen LogP contribution in [-0.2, 0) is 19.6 Å². The van der Waals surface area contributed by atoms with Crippen molar-refractivity contribution in [2.24, 2.45) is 5.10 Å². The zero-order valence-electron chi connectivity index (χ0n) is 20.3. The molecule has 3 rings (SSSR count). The van der Waals surface area contributed by atoms with Crippen molar-refractivity contribution in [3.63, 3.8) is 0 Å². The number of ether oxygens (including phenoxy) is 2. The number of sulfonamides is 1. The molecule has 0 unspecified atom stereocenters. The van der Waals surface area contributed by atoms with Crippen molar-refractivity contribution in [3.05, 3.63) is 58.1 Å². The molecule has 0 spiro atoms. The molecule has 1 aliphatic heterocycles. The Morgan fingerprint density at radius 2 is 1.94 bits per heavy atom. The third-order valence-electron chi connectivity index (χ3n) is 5.44. The van der Waals surface area contributed by atoms with E-state index in [1.54, 1.807) is 30.3 Å². The van der Waals surface area contributed by atoms with Crippen LogP contribution in [0.15, 0.2) is 47.6 Å². The van der Waals surface area contributed by atoms with E-state index >= 15 is 0 Å². The predicted octanol–water partition coefficient (Wildman–Crippen LogP) is 2.13. The highest BCUT2D eigenvalue weighted by Gasteiger charge is 2.29. The summed E-state index contributed by atoms with van der Waals surface area (Å²) < 4.78 is 36.7. The first-order valence-electron chi connectivity index (χ1n) is 11.3. The fourth-order valence-corrected chi connectivity index (χ4v) is 4.95. The van der Waals surface area contributed by atoms with Crippen molar-refractivity contribution >= 4 is 39.2 Å². The third-order valence-corrected chi connectivity index (χ3v) is 6.68. The molecule has 1 heterocycles. The number of rotatable bonds is 10. The lowest BCUT2D eigenvalue weighted by molar-refractivity contribution is -0.384. The summed E-state index contributed by atoms with van der Waals surface area (Å²) in [7, 11) is -3.81. The minimum atomic E-state index is -3.81. The van der Waals surface area contributed by atoms with Crippen LogP contribution < -0.4 is 19.4 Å². The van der Waals surface area contributed by atoms with Crippen LogP contribution in [0.25, 0.3) is 0 Å². The molecule has 0 saturated carbocycles. The number of morpholine rings is 1. The van der Waals surface area contributed by atoms with E-state index in [-0.39, 0.29) is 5.69 Å². The van der Waals surface area contributed by atoms with E-state index in [9.17, 15) is 23.3 Å². The fourth-order valence-electron chi connectivity index (χ4n) is 3.77. The highest BCUT2D eigenvalue weighted by Crippen LogP contribution is 2.26. The third kappa shape index (κ3) is 6.70. The van der Waals surface area contributed by atoms with Gasteiger partial charge in [-0.25, -0.2) is 13.8 Å². The molecule has 1 amide bonds. The van der Waals surface area contributed by atoms with Gasteiger partial charge in [0.25, 0.3) is 11.6 Å². The first-order valence-corrected chi connectivity index (χ1v) is 13.1. The Kier molecular flexibility index (Phi) is 8.83. The quantitative estimate of drug-likeness (QED) is 0.286. The van der Waals surface area contributed by atoms with Gasteiger partial charge in [0.05, 0.1) is 42.9 Å². The molecule has 1 saturated heterocycles. The zero-order valence-corrected chi connectivity index (χ0v) is 21.1. The van der Waals surface area contributed by atoms with Crippen LogP contribution in [0.4, 0.5) is 17.1 Å². The summed E-state index contributed by atoms with van der Waals surface area (Å²) in [4.78, 5) is 25.6. The van der Waals surface area contributed by atoms with Gasteiger partial charge in [-0.05, 0) is 44.2 Å². The smallest absolute Gasteiger partial charge is 0.270 e. The molecular weight excluding hydrogens is 490 g/mol. The molecule has 1 aliphatic rings. The highest BCUT2D eigenvalue weighted by molar-refractivity contribution is 7.92. The van der Waals surface area contributed by atoms with Crippen molar-refractivity contribution in [1.29, 1.82) is 0 Å². The molecule has 1 atom stereocenters. The van der Waals surface area contributed by atoms with Crippen molar-refractivity contribution in [1.82, 2.24) is 5.43 Å². The topological polar surface area (TPSA) is 144 Å². The van der Waals surface area contributed by atoms with Crippen molar-refractivity contribution in [2.45, 2.75) is 19.9 Å². The van der Waals surface area contributed by atoms with Crippen molar-refractivity contribution < 1.29 is 27.6 Å². The molecule has 0 aromatic heterocycles. The normalized spacial score (nSPS) is 14.9. The van der Waals surface area contributed by atoms with Crippen LogP contribution in [0.2, 0.25) is 0 Å². The number of amides is 1. The van der Waals surface area contributed by atoms with Crippen LogP contribution in [0.5, 0.6) is 5.75 Å². The Bertz CT molecular complexity index is 1210. The summed E-state index contributed by atoms with van der Waals surface area (Å²) in [5, 5.41) is 15.2. The Morgan fingerprint density at radius 1 is 1.28 bits per heavy atom. The van der Waals surface area contributed by atoms with Gasteiger partial charge in [0.1, 0.15) is 11.8 Å². The van der Waals surface area contributed by atoms with E-state index in [0.29, 0.717) is 55.6 Å². The molecule has 194 valence electrons. The fraction of sp³-hybridized carbons (Fsp3) is 0.391. The summed E-state index contributed by atoms with van der Waals surface area (Å²) in [5.41, 5.74) is 3.67. The molecule has 13 heteroatoms. The second kappa shape index (κ2) is 11.8. The molecule has 2 aromatic carbocycles. The van der Waals surface area contributed by atoms with Crippen LogP contribution in [-0.4, -0.2) is 70.7 Å². The number of nitrogens with one attached hydrogen (secondary N) is 1. The summed E-state index contributed by atoms with van der Waals surface area (Å²) in [6.45, 7) is 5.99. The molecule has 1 fully saturated rings. The average Bonchev–Trinajstić information content (AvgIpc) is 2.85. The number of nitro groups is 1. The lowest BCUT2D eigenvalue weighted by Crippen LogP contribution is -2.46. The SMILES string of the molecule is CCOc1ccc(N([C@H](C)C(=O)N/N=C\c2cc([N+](=O)[O-])ccc2N2CCOCC2)S(C)(=O)=O)cc1. The highest BCUT2D eigenvalue weighted by atomic mass is 32.2. The number of hydrogen-bond donors (Lipinski definition) is 1. The maximum atomic E-state index is 12.8. The van der Waals surface area contributed by atoms with E-state index in [2.05, 4.69) is 10.5 Å². The lowest BCUT2D eigenvalue weighted by Gasteiger charge is -2.30. The minimum absolute atomic E-state index is 0.119. The Labute approximate surface area is 209 Å². The van der Waals surface area contributed by atoms with Gasteiger partial charge in [0, 0.05) is 36.5 Å². The summed E-state index contributed by atoms with van der Waals surface area (Å²) in [5.74, 6) is -0.103. The van der Waals surface area contributed by atoms with E-state index in [1.807, 2.05) is 11.8 Å². The van der Waals surface area contributed by atoms with Gasteiger partial charge in [-0.1, -0.05) is 0 Å². The molecule has 36 heavy (non-hydrogen) atoms. The van der Waals surface area contributed by atoms with Gasteiger partial charge in [0.2, 0.25) is 10.0 Å². The molecule has 0 bridgehead atoms. The van der Waals surface area contributed by atoms with Gasteiger partial charge in [-0.3, -0.25) is 19.2 Å². The largest absolute Gasteiger partial charge is 0.494 e. The molecule has 12 nitrogen and oxygen atoms in total. The molecule has 0 radical (unpaired) electrons. The number of benzene rings is 2. The second-order valence-electron chi connectivity index (χ2n) is 8.00. The number of nitrogens with zero attached hydrogens (tertiary/aromatic N) is 4. The number of hydrogen-bond acceptors (Lipinski definition) is 9. The van der Waals surface area contributed by atoms with Crippen molar-refractivity contribution in [3.8, 4) is 5.75 Å². The monoisotopic (exact) mass is 519 g/mol. The Morgan fingerprint density at radius 3 is 2.53 bits per heavy atom. The first-order chi connectivity index (χ1) is 17.1. The number of carbonyl (C=O) groups is 1. The van der Waals surface area contributed by atoms with Gasteiger partial charge in [-0.2, -0.15) is 5.10 Å². The van der Waals surface area contributed by atoms with Gasteiger partial charge in [0.15, 0.2) is 0 Å². The first kappa shape index (κ1) is 26.9. The maximum Gasteiger partial charge on any atom is 0.270 e. The molecule has 0 aliphatic carbocycles. The van der Waals surface area contributed by atoms with Gasteiger partial charge in [-0.15, -0.1) is 0 Å². The molecule has 2 aromatic rings. The number of carbonyl (C=O) groups excluding carboxylic acids is 1. The zero-order chi connectivity index (χ0) is 26.3. The maximum absolute atomic E-state index is 12.8. The summed E-state index contributed by atoms with van der Waals surface area (Å²) in [6, 6.07) is 9.62. The standard InChI is InChI=1S/C23H29N5O7S/c1-4-35-21-8-5-19(6-9-21)27(36(3,32)33)17(2)23(29)25-24-16-18-15-20(28(30)31)7-10-22(18)26-11-13-34-14-12-26/h5-10,15-17H,4,11-14H2,1-3H3,(H,25,29)/b24-16-/t17-/m1/s1. The van der Waals surface area contributed by atoms with Crippen LogP contribution in [0.3, 0.4) is 0 Å². The van der Waals surface area contributed by atoms with E-state index in [4.69, 9.17) is 9.47 Å². The van der Waals surface area contributed by atoms with Crippen LogP contribution in [0.1, 0.15) is 19.4 Å². The number of hydrazone groups is 1. The second-order valence-corrected chi connectivity index (χ2v) is 9.86. The van der Waals surface area contributed by atoms with Gasteiger partial charge < -0.3 is 14.4 Å². The van der Waals surface area contributed by atoms with Crippen molar-refractivity contribution in [2.75, 3.05) is 48.4 Å². The number of nitro benzene ring substituents is 1. The van der Waals surface area contributed by atoms with Gasteiger partial charge >= 0.3 is 0 Å². The van der Waals surface area contributed by atoms with E-state index in [0.717, 1.165) is 10.6 Å². The summed E-state index contributed by atoms with van der Waals surface area (Å²) >= 11 is 0. The van der Waals surface area contributed by atoms with E-state index in [1.165, 1.54) is 25.3 Å². The number of non-ortho nitro benzene ring substituents is 1. The number of anilines is 2. The predicted molar refractivity (Wildman–Crippen MR) is 136 cm³/mol. The van der Waals surface area contributed by atoms with E-state index < -0.39 is 26.9 Å². The average molecular weight is 520 g/mol.